The average molecular weight is 1290 g/mol. The van der Waals surface area contributed by atoms with Crippen LogP contribution in [0.1, 0.15) is 109 Å². The van der Waals surface area contributed by atoms with Crippen LogP contribution in [-0.2, 0) is 83.1 Å². The summed E-state index contributed by atoms with van der Waals surface area (Å²) in [6.07, 6.45) is -6.51. The zero-order valence-corrected chi connectivity index (χ0v) is 49.9. The van der Waals surface area contributed by atoms with Gasteiger partial charge in [-0.15, -0.1) is 0 Å². The van der Waals surface area contributed by atoms with E-state index in [1.165, 1.54) is 31.2 Å². The number of guanidine groups is 1. The molecule has 10 atom stereocenters. The van der Waals surface area contributed by atoms with Crippen molar-refractivity contribution >= 4 is 101 Å². The van der Waals surface area contributed by atoms with Gasteiger partial charge in [-0.1, -0.05) is 32.4 Å². The summed E-state index contributed by atoms with van der Waals surface area (Å²) in [6, 6.07) is -9.25. The SMILES string of the molecule is CCC(C)C(NC(=O)C(CCC(=O)O)NC(=O)C(CCC(=O)O)NC(=O)C(CCC(=O)O)NC(=O)CN)C(=O)NCC(=O)NC(CCC(=O)O)C(=O)N1CCCC1C(=O)NC(CCCN=C(N)N)C(=O)NC(CC(=O)O)C(=O)NC(Cc1ccc(O)cc1)C(N)=O. The molecule has 0 spiro atoms. The lowest BCUT2D eigenvalue weighted by atomic mass is 9.97. The fraction of sp³-hybridized carbons (Fsp3) is 0.574. The molecule has 504 valence electrons. The Morgan fingerprint density at radius 2 is 1.01 bits per heavy atom. The van der Waals surface area contributed by atoms with Crippen molar-refractivity contribution in [2.45, 2.75) is 165 Å². The molecule has 0 radical (unpaired) electrons. The van der Waals surface area contributed by atoms with Gasteiger partial charge in [0, 0.05) is 45.2 Å². The molecule has 1 saturated heterocycles. The molecule has 1 aliphatic heterocycles. The molecular formula is C54H81N15O22. The lowest BCUT2D eigenvalue weighted by molar-refractivity contribution is -0.143. The molecule has 11 amide bonds. The van der Waals surface area contributed by atoms with Crippen molar-refractivity contribution in [3.8, 4) is 5.75 Å². The highest BCUT2D eigenvalue weighted by Gasteiger charge is 2.41. The van der Waals surface area contributed by atoms with Crippen molar-refractivity contribution in [2.75, 3.05) is 26.2 Å². The molecule has 0 aliphatic carbocycles. The molecule has 1 heterocycles. The molecule has 2 rings (SSSR count). The van der Waals surface area contributed by atoms with Gasteiger partial charge in [-0.3, -0.25) is 81.7 Å². The van der Waals surface area contributed by atoms with E-state index in [1.54, 1.807) is 6.92 Å². The Hall–Kier alpha value is -10.2. The highest BCUT2D eigenvalue weighted by molar-refractivity contribution is 5.99. The van der Waals surface area contributed by atoms with Gasteiger partial charge in [-0.2, -0.15) is 0 Å². The number of nitrogens with one attached hydrogen (secondary N) is 9. The molecule has 0 saturated carbocycles. The van der Waals surface area contributed by atoms with Gasteiger partial charge < -0.3 is 106 Å². The molecule has 37 nitrogen and oxygen atoms in total. The van der Waals surface area contributed by atoms with Gasteiger partial charge in [0.1, 0.15) is 60.1 Å². The standard InChI is InChI=1S/C54H81N15O22/c1-3-26(2)44(68-49(87)32(14-18-41(77)78)64-48(86)31(13-17-40(75)76)63-47(85)30(12-16-39(73)74)61-37(71)24-55)52(90)60-25-38(72)62-33(15-19-42(79)80)53(91)69-21-5-7-36(69)51(89)65-29(6-4-20-59-54(57)58)46(84)67-35(23-43(81)82)50(88)66-34(45(56)83)22-27-8-10-28(70)11-9-27/h8-11,26,29-36,44,70H,3-7,12-25,55H2,1-2H3,(H2,56,83)(H,60,90)(H,61,71)(H,62,72)(H,63,85)(H,64,86)(H,65,89)(H,66,88)(H,67,84)(H,68,87)(H,73,74)(H,75,76)(H,77,78)(H,79,80)(H,81,82)(H4,57,58,59). The second-order valence-electron chi connectivity index (χ2n) is 21.1. The molecule has 37 heteroatoms. The van der Waals surface area contributed by atoms with E-state index in [9.17, 15) is 107 Å². The first-order chi connectivity index (χ1) is 42.8. The van der Waals surface area contributed by atoms with Gasteiger partial charge in [0.15, 0.2) is 5.96 Å². The van der Waals surface area contributed by atoms with Crippen molar-refractivity contribution in [1.82, 2.24) is 52.8 Å². The van der Waals surface area contributed by atoms with E-state index >= 15 is 0 Å². The number of hydrogen-bond acceptors (Lipinski definition) is 19. The summed E-state index contributed by atoms with van der Waals surface area (Å²) in [4.78, 5) is 212. The van der Waals surface area contributed by atoms with Crippen LogP contribution in [0.2, 0.25) is 0 Å². The van der Waals surface area contributed by atoms with E-state index < -0.39 is 226 Å². The Morgan fingerprint density at radius 3 is 1.48 bits per heavy atom. The van der Waals surface area contributed by atoms with Crippen LogP contribution in [0.5, 0.6) is 5.75 Å². The van der Waals surface area contributed by atoms with Crippen LogP contribution in [0, 0.1) is 5.92 Å². The molecule has 23 N–H and O–H groups in total. The van der Waals surface area contributed by atoms with E-state index in [2.05, 4.69) is 52.8 Å². The highest BCUT2D eigenvalue weighted by Crippen LogP contribution is 2.21. The minimum atomic E-state index is -1.87. The van der Waals surface area contributed by atoms with Gasteiger partial charge in [-0.05, 0) is 75.0 Å². The van der Waals surface area contributed by atoms with Gasteiger partial charge >= 0.3 is 29.8 Å². The monoisotopic (exact) mass is 1290 g/mol. The van der Waals surface area contributed by atoms with E-state index in [1.807, 2.05) is 0 Å². The molecule has 0 bridgehead atoms. The number of aliphatic imine (C=N–C) groups is 1. The van der Waals surface area contributed by atoms with E-state index in [4.69, 9.17) is 22.9 Å². The van der Waals surface area contributed by atoms with Crippen LogP contribution >= 0.6 is 0 Å². The number of aromatic hydroxyl groups is 1. The number of carbonyl (C=O) groups is 16. The third-order valence-electron chi connectivity index (χ3n) is 14.0. The van der Waals surface area contributed by atoms with Gasteiger partial charge in [-0.25, -0.2) is 0 Å². The van der Waals surface area contributed by atoms with E-state index in [0.717, 1.165) is 4.90 Å². The number of carboxylic acid groups (broad SMARTS) is 5. The van der Waals surface area contributed by atoms with Crippen molar-refractivity contribution in [1.29, 1.82) is 0 Å². The molecule has 1 aromatic rings. The number of likely N-dealkylation sites (tertiary alicyclic amines) is 1. The summed E-state index contributed by atoms with van der Waals surface area (Å²) in [6.45, 7) is 1.28. The molecule has 1 fully saturated rings. The van der Waals surface area contributed by atoms with Crippen molar-refractivity contribution in [3.05, 3.63) is 29.8 Å². The highest BCUT2D eigenvalue weighted by atomic mass is 16.4. The van der Waals surface area contributed by atoms with Crippen LogP contribution in [0.4, 0.5) is 0 Å². The molecule has 10 unspecified atom stereocenters. The summed E-state index contributed by atoms with van der Waals surface area (Å²) in [7, 11) is 0. The smallest absolute Gasteiger partial charge is 0.305 e. The van der Waals surface area contributed by atoms with E-state index in [0.29, 0.717) is 5.56 Å². The van der Waals surface area contributed by atoms with Crippen molar-refractivity contribution in [3.63, 3.8) is 0 Å². The van der Waals surface area contributed by atoms with Crippen LogP contribution in [0.3, 0.4) is 0 Å². The average Bonchev–Trinajstić information content (AvgIpc) is 2.04. The first-order valence-electron chi connectivity index (χ1n) is 28.7. The number of phenols is 1. The molecule has 1 aliphatic rings. The summed E-state index contributed by atoms with van der Waals surface area (Å²) in [5.74, 6) is -20.3. The number of hydrogen-bond donors (Lipinski definition) is 19. The second-order valence-corrected chi connectivity index (χ2v) is 21.1. The van der Waals surface area contributed by atoms with Crippen LogP contribution in [-0.4, -0.2) is 217 Å². The largest absolute Gasteiger partial charge is 0.508 e. The number of phenolic OH excluding ortho intramolecular Hbond substituents is 1. The molecule has 91 heavy (non-hydrogen) atoms. The minimum absolute atomic E-state index is 0.00591. The van der Waals surface area contributed by atoms with E-state index in [-0.39, 0.29) is 63.3 Å². The van der Waals surface area contributed by atoms with Crippen molar-refractivity contribution in [2.24, 2.45) is 33.8 Å². The molecule has 0 aromatic heterocycles. The quantitative estimate of drug-likeness (QED) is 0.0164. The fourth-order valence-electron chi connectivity index (χ4n) is 8.97. The van der Waals surface area contributed by atoms with Crippen molar-refractivity contribution < 1.29 is 107 Å². The Bertz CT molecular complexity index is 2840. The first kappa shape index (κ1) is 76.9. The maximum absolute atomic E-state index is 14.3. The first-order valence-corrected chi connectivity index (χ1v) is 28.7. The predicted molar refractivity (Wildman–Crippen MR) is 312 cm³/mol. The Morgan fingerprint density at radius 1 is 0.560 bits per heavy atom. The van der Waals surface area contributed by atoms with Crippen LogP contribution in [0.15, 0.2) is 29.3 Å². The lowest BCUT2D eigenvalue weighted by Crippen LogP contribution is -2.60. The van der Waals surface area contributed by atoms with Crippen LogP contribution < -0.4 is 70.8 Å². The number of rotatable bonds is 42. The maximum atomic E-state index is 14.3. The number of amides is 11. The second kappa shape index (κ2) is 38.9. The number of primary amides is 1. The number of benzene rings is 1. The third kappa shape index (κ3) is 28.6. The van der Waals surface area contributed by atoms with Gasteiger partial charge in [0.25, 0.3) is 0 Å². The summed E-state index contributed by atoms with van der Waals surface area (Å²) in [5.41, 5.74) is 22.1. The van der Waals surface area contributed by atoms with Gasteiger partial charge in [0.2, 0.25) is 65.0 Å². The fourth-order valence-corrected chi connectivity index (χ4v) is 8.97. The summed E-state index contributed by atoms with van der Waals surface area (Å²) < 4.78 is 0. The number of carboxylic acids is 5. The summed E-state index contributed by atoms with van der Waals surface area (Å²) >= 11 is 0. The number of nitrogens with two attached hydrogens (primary N) is 4. The lowest BCUT2D eigenvalue weighted by Gasteiger charge is -2.30. The van der Waals surface area contributed by atoms with Crippen LogP contribution in [0.25, 0.3) is 0 Å². The number of aliphatic carboxylic acids is 5. The third-order valence-corrected chi connectivity index (χ3v) is 14.0. The van der Waals surface area contributed by atoms with Gasteiger partial charge in [0.05, 0.1) is 19.5 Å². The zero-order chi connectivity index (χ0) is 68.7. The zero-order valence-electron chi connectivity index (χ0n) is 49.9. The Kier molecular flexibility index (Phi) is 32.9. The topological polar surface area (TPSA) is 622 Å². The normalized spacial score (nSPS) is 15.5. The minimum Gasteiger partial charge on any atom is -0.508 e. The predicted octanol–water partition coefficient (Wildman–Crippen LogP) is -6.60. The maximum Gasteiger partial charge on any atom is 0.305 e. The number of nitrogens with zero attached hydrogens (tertiary/aromatic N) is 2. The Labute approximate surface area is 519 Å². The molecule has 1 aromatic carbocycles. The summed E-state index contributed by atoms with van der Waals surface area (Å²) in [5, 5.41) is 77.7. The number of carbonyl (C=O) groups excluding carboxylic acids is 11. The molecular weight excluding hydrogens is 1210 g/mol. The Balaban J connectivity index is 2.37.